The van der Waals surface area contributed by atoms with Gasteiger partial charge in [-0.1, -0.05) is 35.5 Å². The number of amides is 1. The number of nitrogens with one attached hydrogen (secondary N) is 1. The van der Waals surface area contributed by atoms with E-state index in [1.807, 2.05) is 35.7 Å². The van der Waals surface area contributed by atoms with Crippen LogP contribution < -0.4 is 20.3 Å². The molecule has 0 spiro atoms. The lowest BCUT2D eigenvalue weighted by atomic mass is 10.1. The van der Waals surface area contributed by atoms with Crippen molar-refractivity contribution in [3.63, 3.8) is 0 Å². The maximum Gasteiger partial charge on any atom is 0.272 e. The van der Waals surface area contributed by atoms with Gasteiger partial charge in [0.05, 0.1) is 25.5 Å². The van der Waals surface area contributed by atoms with Crippen LogP contribution in [0.4, 0.5) is 5.69 Å². The molecular weight excluding hydrogens is 494 g/mol. The van der Waals surface area contributed by atoms with Crippen molar-refractivity contribution in [2.24, 2.45) is 0 Å². The van der Waals surface area contributed by atoms with Crippen LogP contribution in [0.25, 0.3) is 10.2 Å². The smallest absolute Gasteiger partial charge is 0.272 e. The van der Waals surface area contributed by atoms with Crippen molar-refractivity contribution in [3.8, 4) is 11.5 Å². The molecule has 176 valence electrons. The molecule has 0 radical (unpaired) electrons. The minimum absolute atomic E-state index is 0.0859. The van der Waals surface area contributed by atoms with E-state index in [1.165, 1.54) is 23.1 Å². The molecule has 0 saturated carbocycles. The number of hydrogen-bond donors (Lipinski definition) is 1. The number of fused-ring (bicyclic) bond motifs is 1. The number of carbonyl (C=O) groups is 1. The second-order valence-corrected chi connectivity index (χ2v) is 9.60. The molecule has 0 unspecified atom stereocenters. The second-order valence-electron chi connectivity index (χ2n) is 7.30. The molecule has 34 heavy (non-hydrogen) atoms. The predicted octanol–water partition coefficient (Wildman–Crippen LogP) is 5.10. The number of nitrogens with zero attached hydrogens (tertiary/aromatic N) is 2. The van der Waals surface area contributed by atoms with Gasteiger partial charge in [0.2, 0.25) is 5.91 Å². The minimum Gasteiger partial charge on any atom is -0.497 e. The summed E-state index contributed by atoms with van der Waals surface area (Å²) < 4.78 is 12.7. The molecular formula is C24H22ClN3O4S2. The fraction of sp³-hybridized carbons (Fsp3) is 0.208. The molecule has 2 aromatic carbocycles. The molecule has 4 aromatic rings. The number of anilines is 1. The quantitative estimate of drug-likeness (QED) is 0.246. The van der Waals surface area contributed by atoms with Crippen LogP contribution in [0, 0.1) is 0 Å². The standard InChI is InChI=1S/C24H22ClN3O4S2/c1-31-18-11-17(12-19(13-18)32-2)26-21(29)14-34-24-27-20-8-10-33-22(20)23(30)28(24)9-7-15-3-5-16(25)6-4-15/h3-6,8,10-13H,7,9,14H2,1-2H3,(H,26,29). The van der Waals surface area contributed by atoms with Crippen molar-refractivity contribution >= 4 is 56.5 Å². The van der Waals surface area contributed by atoms with Crippen LogP contribution in [0.2, 0.25) is 5.02 Å². The molecule has 2 aromatic heterocycles. The normalized spacial score (nSPS) is 10.9. The number of hydrogen-bond acceptors (Lipinski definition) is 7. The van der Waals surface area contributed by atoms with E-state index in [0.717, 1.165) is 5.56 Å². The lowest BCUT2D eigenvalue weighted by molar-refractivity contribution is -0.113. The van der Waals surface area contributed by atoms with Gasteiger partial charge in [-0.15, -0.1) is 11.3 Å². The molecule has 0 bridgehead atoms. The largest absolute Gasteiger partial charge is 0.497 e. The molecule has 0 aliphatic rings. The van der Waals surface area contributed by atoms with Crippen LogP contribution in [0.1, 0.15) is 5.56 Å². The first-order valence-corrected chi connectivity index (χ1v) is 12.6. The summed E-state index contributed by atoms with van der Waals surface area (Å²) in [5.41, 5.74) is 2.15. The Balaban J connectivity index is 1.51. The van der Waals surface area contributed by atoms with Gasteiger partial charge in [0.15, 0.2) is 5.16 Å². The third kappa shape index (κ3) is 5.72. The number of ether oxygens (including phenoxy) is 2. The van der Waals surface area contributed by atoms with E-state index in [2.05, 4.69) is 10.3 Å². The van der Waals surface area contributed by atoms with Crippen molar-refractivity contribution in [3.05, 3.63) is 74.9 Å². The molecule has 1 N–H and O–H groups in total. The van der Waals surface area contributed by atoms with Gasteiger partial charge < -0.3 is 14.8 Å². The third-order valence-corrected chi connectivity index (χ3v) is 7.16. The summed E-state index contributed by atoms with van der Waals surface area (Å²) in [6, 6.07) is 14.5. The molecule has 0 aliphatic heterocycles. The first kappa shape index (κ1) is 24.1. The predicted molar refractivity (Wildman–Crippen MR) is 138 cm³/mol. The number of thiophene rings is 1. The summed E-state index contributed by atoms with van der Waals surface area (Å²) >= 11 is 8.57. The van der Waals surface area contributed by atoms with Crippen LogP contribution in [-0.4, -0.2) is 35.4 Å². The van der Waals surface area contributed by atoms with E-state index in [0.29, 0.717) is 50.5 Å². The Labute approximate surface area is 209 Å². The van der Waals surface area contributed by atoms with Crippen molar-refractivity contribution in [1.29, 1.82) is 0 Å². The number of benzene rings is 2. The van der Waals surface area contributed by atoms with Gasteiger partial charge in [-0.25, -0.2) is 4.98 Å². The van der Waals surface area contributed by atoms with Crippen LogP contribution in [0.5, 0.6) is 11.5 Å². The lowest BCUT2D eigenvalue weighted by Gasteiger charge is -2.13. The van der Waals surface area contributed by atoms with Crippen molar-refractivity contribution in [2.45, 2.75) is 18.1 Å². The summed E-state index contributed by atoms with van der Waals surface area (Å²) in [6.45, 7) is 0.443. The van der Waals surface area contributed by atoms with Gasteiger partial charge in [-0.3, -0.25) is 14.2 Å². The Kier molecular flexibility index (Phi) is 7.77. The van der Waals surface area contributed by atoms with Crippen molar-refractivity contribution < 1.29 is 14.3 Å². The van der Waals surface area contributed by atoms with E-state index in [9.17, 15) is 9.59 Å². The highest BCUT2D eigenvalue weighted by molar-refractivity contribution is 7.99. The number of methoxy groups -OCH3 is 2. The first-order chi connectivity index (χ1) is 16.5. The average Bonchev–Trinajstić information content (AvgIpc) is 3.32. The van der Waals surface area contributed by atoms with E-state index in [1.54, 1.807) is 37.0 Å². The molecule has 2 heterocycles. The summed E-state index contributed by atoms with van der Waals surface area (Å²) in [6.07, 6.45) is 0.638. The molecule has 0 fully saturated rings. The zero-order valence-electron chi connectivity index (χ0n) is 18.5. The van der Waals surface area contributed by atoms with Gasteiger partial charge in [-0.2, -0.15) is 0 Å². The fourth-order valence-electron chi connectivity index (χ4n) is 3.33. The number of rotatable bonds is 9. The number of thioether (sulfide) groups is 1. The van der Waals surface area contributed by atoms with Gasteiger partial charge in [0.25, 0.3) is 5.56 Å². The number of halogens is 1. The van der Waals surface area contributed by atoms with E-state index >= 15 is 0 Å². The Bertz CT molecular complexity index is 1350. The molecule has 10 heteroatoms. The summed E-state index contributed by atoms with van der Waals surface area (Å²) in [4.78, 5) is 30.5. The Morgan fingerprint density at radius 2 is 1.82 bits per heavy atom. The van der Waals surface area contributed by atoms with Crippen LogP contribution >= 0.6 is 34.7 Å². The van der Waals surface area contributed by atoms with Gasteiger partial charge in [0.1, 0.15) is 16.2 Å². The Morgan fingerprint density at radius 1 is 1.12 bits per heavy atom. The maximum atomic E-state index is 13.1. The fourth-order valence-corrected chi connectivity index (χ4v) is 5.06. The van der Waals surface area contributed by atoms with Crippen molar-refractivity contribution in [2.75, 3.05) is 25.3 Å². The zero-order valence-corrected chi connectivity index (χ0v) is 20.9. The average molecular weight is 516 g/mol. The molecule has 0 atom stereocenters. The monoisotopic (exact) mass is 515 g/mol. The van der Waals surface area contributed by atoms with Gasteiger partial charge in [0, 0.05) is 35.5 Å². The summed E-state index contributed by atoms with van der Waals surface area (Å²) in [7, 11) is 3.09. The van der Waals surface area contributed by atoms with E-state index in [-0.39, 0.29) is 17.2 Å². The minimum atomic E-state index is -0.232. The SMILES string of the molecule is COc1cc(NC(=O)CSc2nc3ccsc3c(=O)n2CCc2ccc(Cl)cc2)cc(OC)c1. The van der Waals surface area contributed by atoms with E-state index < -0.39 is 0 Å². The summed E-state index contributed by atoms with van der Waals surface area (Å²) in [5, 5.41) is 5.86. The molecule has 0 saturated heterocycles. The van der Waals surface area contributed by atoms with Crippen molar-refractivity contribution in [1.82, 2.24) is 9.55 Å². The number of aryl methyl sites for hydroxylation is 1. The Hall–Kier alpha value is -3.01. The first-order valence-electron chi connectivity index (χ1n) is 10.3. The zero-order chi connectivity index (χ0) is 24.1. The highest BCUT2D eigenvalue weighted by atomic mass is 35.5. The molecule has 7 nitrogen and oxygen atoms in total. The highest BCUT2D eigenvalue weighted by Gasteiger charge is 2.15. The van der Waals surface area contributed by atoms with Crippen LogP contribution in [0.3, 0.4) is 0 Å². The molecule has 0 aliphatic carbocycles. The third-order valence-electron chi connectivity index (χ3n) is 5.04. The van der Waals surface area contributed by atoms with Crippen LogP contribution in [-0.2, 0) is 17.8 Å². The second kappa shape index (κ2) is 10.9. The highest BCUT2D eigenvalue weighted by Crippen LogP contribution is 2.26. The van der Waals surface area contributed by atoms with Crippen LogP contribution in [0.15, 0.2) is 63.9 Å². The Morgan fingerprint density at radius 3 is 2.50 bits per heavy atom. The van der Waals surface area contributed by atoms with Gasteiger partial charge >= 0.3 is 0 Å². The molecule has 1 amide bonds. The number of aromatic nitrogens is 2. The molecule has 4 rings (SSSR count). The number of carbonyl (C=O) groups excluding carboxylic acids is 1. The lowest BCUT2D eigenvalue weighted by Crippen LogP contribution is -2.24. The maximum absolute atomic E-state index is 13.1. The van der Waals surface area contributed by atoms with Gasteiger partial charge in [-0.05, 0) is 35.6 Å². The van der Waals surface area contributed by atoms with E-state index in [4.69, 9.17) is 21.1 Å². The topological polar surface area (TPSA) is 82.5 Å². The summed E-state index contributed by atoms with van der Waals surface area (Å²) in [5.74, 6) is 0.998.